The van der Waals surface area contributed by atoms with Crippen molar-refractivity contribution in [2.45, 2.75) is 20.3 Å². The van der Waals surface area contributed by atoms with Crippen molar-refractivity contribution in [3.05, 3.63) is 27.7 Å². The number of rotatable bonds is 3. The van der Waals surface area contributed by atoms with E-state index < -0.39 is 5.97 Å². The van der Waals surface area contributed by atoms with E-state index in [2.05, 4.69) is 21.2 Å². The molecule has 20 heavy (non-hydrogen) atoms. The third-order valence-electron chi connectivity index (χ3n) is 3.37. The molecule has 1 heterocycles. The fourth-order valence-electron chi connectivity index (χ4n) is 2.37. The van der Waals surface area contributed by atoms with Gasteiger partial charge < -0.3 is 15.3 Å². The van der Waals surface area contributed by atoms with Crippen molar-refractivity contribution in [3.63, 3.8) is 0 Å². The van der Waals surface area contributed by atoms with Gasteiger partial charge >= 0.3 is 12.0 Å². The molecule has 2 rings (SSSR count). The van der Waals surface area contributed by atoms with Crippen LogP contribution < -0.4 is 5.32 Å². The van der Waals surface area contributed by atoms with Crippen molar-refractivity contribution in [1.82, 2.24) is 4.90 Å². The lowest BCUT2D eigenvalue weighted by Gasteiger charge is -2.38. The van der Waals surface area contributed by atoms with E-state index in [-0.39, 0.29) is 18.4 Å². The molecular weight excluding hydrogens is 324 g/mol. The van der Waals surface area contributed by atoms with Gasteiger partial charge in [-0.2, -0.15) is 0 Å². The van der Waals surface area contributed by atoms with E-state index in [1.54, 1.807) is 4.90 Å². The molecule has 1 fully saturated rings. The van der Waals surface area contributed by atoms with Crippen molar-refractivity contribution in [2.75, 3.05) is 18.4 Å². The molecule has 1 aromatic rings. The molecule has 6 heteroatoms. The zero-order chi connectivity index (χ0) is 14.9. The van der Waals surface area contributed by atoms with Crippen LogP contribution in [0, 0.1) is 19.8 Å². The van der Waals surface area contributed by atoms with E-state index in [9.17, 15) is 9.59 Å². The van der Waals surface area contributed by atoms with Gasteiger partial charge in [-0.25, -0.2) is 4.79 Å². The van der Waals surface area contributed by atoms with Crippen LogP contribution >= 0.6 is 15.9 Å². The predicted octanol–water partition coefficient (Wildman–Crippen LogP) is 3.00. The van der Waals surface area contributed by atoms with Crippen molar-refractivity contribution in [1.29, 1.82) is 0 Å². The second-order valence-corrected chi connectivity index (χ2v) is 6.09. The van der Waals surface area contributed by atoms with Crippen molar-refractivity contribution in [2.24, 2.45) is 5.92 Å². The highest BCUT2D eigenvalue weighted by Gasteiger charge is 2.32. The number of hydrogen-bond acceptors (Lipinski definition) is 2. The molecule has 0 aromatic heterocycles. The van der Waals surface area contributed by atoms with Crippen molar-refractivity contribution < 1.29 is 14.7 Å². The number of benzene rings is 1. The Kier molecular flexibility index (Phi) is 4.32. The maximum Gasteiger partial charge on any atom is 0.321 e. The van der Waals surface area contributed by atoms with Crippen LogP contribution in [0.25, 0.3) is 0 Å². The maximum absolute atomic E-state index is 12.1. The van der Waals surface area contributed by atoms with Crippen LogP contribution in [0.3, 0.4) is 0 Å². The first-order chi connectivity index (χ1) is 9.36. The fraction of sp³-hybridized carbons (Fsp3) is 0.429. The van der Waals surface area contributed by atoms with Crippen LogP contribution in [0.5, 0.6) is 0 Å². The van der Waals surface area contributed by atoms with Gasteiger partial charge in [0.1, 0.15) is 0 Å². The smallest absolute Gasteiger partial charge is 0.321 e. The highest BCUT2D eigenvalue weighted by molar-refractivity contribution is 9.10. The summed E-state index contributed by atoms with van der Waals surface area (Å²) in [6.45, 7) is 4.94. The molecule has 1 saturated heterocycles. The Balaban J connectivity index is 1.95. The number of carbonyl (C=O) groups is 2. The molecule has 0 bridgehead atoms. The molecule has 2 amide bonds. The summed E-state index contributed by atoms with van der Waals surface area (Å²) in [6, 6.07) is 3.77. The van der Waals surface area contributed by atoms with Gasteiger partial charge in [-0.3, -0.25) is 4.79 Å². The lowest BCUT2D eigenvalue weighted by atomic mass is 9.97. The number of carboxylic acid groups (broad SMARTS) is 1. The minimum absolute atomic E-state index is 0.0702. The Labute approximate surface area is 126 Å². The Hall–Kier alpha value is -1.56. The lowest BCUT2D eigenvalue weighted by molar-refractivity contribution is -0.139. The number of likely N-dealkylation sites (tertiary alicyclic amines) is 1. The quantitative estimate of drug-likeness (QED) is 0.888. The molecule has 5 nitrogen and oxygen atoms in total. The van der Waals surface area contributed by atoms with E-state index in [4.69, 9.17) is 5.11 Å². The summed E-state index contributed by atoms with van der Waals surface area (Å²) in [6.07, 6.45) is 0.122. The highest BCUT2D eigenvalue weighted by Crippen LogP contribution is 2.29. The largest absolute Gasteiger partial charge is 0.481 e. The zero-order valence-corrected chi connectivity index (χ0v) is 13.0. The van der Waals surface area contributed by atoms with Gasteiger partial charge in [0.2, 0.25) is 0 Å². The molecule has 1 aliphatic heterocycles. The number of amides is 2. The average Bonchev–Trinajstić information content (AvgIpc) is 2.27. The molecule has 0 spiro atoms. The molecule has 1 aliphatic rings. The summed E-state index contributed by atoms with van der Waals surface area (Å²) in [7, 11) is 0. The normalized spacial score (nSPS) is 14.8. The van der Waals surface area contributed by atoms with Crippen LogP contribution in [-0.2, 0) is 4.79 Å². The number of halogens is 1. The highest BCUT2D eigenvalue weighted by atomic mass is 79.9. The Bertz CT molecular complexity index is 530. The van der Waals surface area contributed by atoms with Gasteiger partial charge in [-0.15, -0.1) is 0 Å². The minimum atomic E-state index is -0.813. The second kappa shape index (κ2) is 5.83. The third kappa shape index (κ3) is 3.30. The van der Waals surface area contributed by atoms with Gasteiger partial charge in [0.25, 0.3) is 0 Å². The molecular formula is C14H17BrN2O3. The Morgan fingerprint density at radius 2 is 2.05 bits per heavy atom. The summed E-state index contributed by atoms with van der Waals surface area (Å²) in [4.78, 5) is 24.3. The van der Waals surface area contributed by atoms with Crippen LogP contribution in [-0.4, -0.2) is 35.1 Å². The molecule has 0 unspecified atom stereocenters. The molecule has 2 N–H and O–H groups in total. The molecule has 0 atom stereocenters. The maximum atomic E-state index is 12.1. The molecule has 1 aromatic carbocycles. The third-order valence-corrected chi connectivity index (χ3v) is 4.00. The number of urea groups is 1. The fourth-order valence-corrected chi connectivity index (χ4v) is 3.14. The van der Waals surface area contributed by atoms with Gasteiger partial charge in [-0.1, -0.05) is 6.07 Å². The topological polar surface area (TPSA) is 69.6 Å². The standard InChI is InChI=1S/C14H17BrN2O3/c1-8-3-9(2)13(11(15)4-8)16-14(20)17-6-10(7-17)5-12(18)19/h3-4,10H,5-7H2,1-2H3,(H,16,20)(H,18,19). The number of aliphatic carboxylic acids is 1. The van der Waals surface area contributed by atoms with E-state index in [0.29, 0.717) is 13.1 Å². The summed E-state index contributed by atoms with van der Waals surface area (Å²) in [5.41, 5.74) is 2.88. The zero-order valence-electron chi connectivity index (χ0n) is 11.4. The van der Waals surface area contributed by atoms with Crippen molar-refractivity contribution in [3.8, 4) is 0 Å². The van der Waals surface area contributed by atoms with E-state index in [0.717, 1.165) is 21.3 Å². The number of hydrogen-bond donors (Lipinski definition) is 2. The first kappa shape index (κ1) is 14.8. The molecule has 0 saturated carbocycles. The molecule has 108 valence electrons. The van der Waals surface area contributed by atoms with E-state index in [1.165, 1.54) is 0 Å². The summed E-state index contributed by atoms with van der Waals surface area (Å²) < 4.78 is 0.853. The SMILES string of the molecule is Cc1cc(C)c(NC(=O)N2CC(CC(=O)O)C2)c(Br)c1. The number of anilines is 1. The van der Waals surface area contributed by atoms with E-state index >= 15 is 0 Å². The minimum Gasteiger partial charge on any atom is -0.481 e. The first-order valence-corrected chi connectivity index (χ1v) is 7.20. The molecule has 0 radical (unpaired) electrons. The first-order valence-electron chi connectivity index (χ1n) is 6.41. The summed E-state index contributed by atoms with van der Waals surface area (Å²) in [5.74, 6) is -0.743. The second-order valence-electron chi connectivity index (χ2n) is 5.24. The Morgan fingerprint density at radius 3 is 2.60 bits per heavy atom. The number of carboxylic acids is 1. The van der Waals surface area contributed by atoms with Gasteiger partial charge in [0.15, 0.2) is 0 Å². The summed E-state index contributed by atoms with van der Waals surface area (Å²) in [5, 5.41) is 11.6. The molecule has 0 aliphatic carbocycles. The van der Waals surface area contributed by atoms with Crippen LogP contribution in [0.15, 0.2) is 16.6 Å². The van der Waals surface area contributed by atoms with Crippen LogP contribution in [0.1, 0.15) is 17.5 Å². The average molecular weight is 341 g/mol. The number of nitrogens with zero attached hydrogens (tertiary/aromatic N) is 1. The summed E-state index contributed by atoms with van der Waals surface area (Å²) >= 11 is 3.45. The number of nitrogens with one attached hydrogen (secondary N) is 1. The van der Waals surface area contributed by atoms with Crippen molar-refractivity contribution >= 4 is 33.6 Å². The van der Waals surface area contributed by atoms with Gasteiger partial charge in [-0.05, 0) is 47.0 Å². The van der Waals surface area contributed by atoms with Gasteiger partial charge in [0.05, 0.1) is 12.1 Å². The lowest BCUT2D eigenvalue weighted by Crippen LogP contribution is -2.52. The monoisotopic (exact) mass is 340 g/mol. The van der Waals surface area contributed by atoms with Crippen LogP contribution in [0.2, 0.25) is 0 Å². The van der Waals surface area contributed by atoms with Gasteiger partial charge in [0, 0.05) is 23.5 Å². The number of carbonyl (C=O) groups excluding carboxylic acids is 1. The van der Waals surface area contributed by atoms with Crippen LogP contribution in [0.4, 0.5) is 10.5 Å². The Morgan fingerprint density at radius 1 is 1.40 bits per heavy atom. The number of aryl methyl sites for hydroxylation is 2. The van der Waals surface area contributed by atoms with E-state index in [1.807, 2.05) is 26.0 Å². The predicted molar refractivity (Wildman–Crippen MR) is 80.0 cm³/mol.